The zero-order valence-electron chi connectivity index (χ0n) is 10.00. The Morgan fingerprint density at radius 1 is 0.933 bits per heavy atom. The fourth-order valence-electron chi connectivity index (χ4n) is 1.92. The molecule has 1 aliphatic carbocycles. The summed E-state index contributed by atoms with van der Waals surface area (Å²) >= 11 is 0. The maximum atomic E-state index is 5.72. The minimum atomic E-state index is 0.529. The molecule has 1 heteroatoms. The first-order chi connectivity index (χ1) is 7.22. The summed E-state index contributed by atoms with van der Waals surface area (Å²) in [7, 11) is 0. The van der Waals surface area contributed by atoms with Gasteiger partial charge in [-0.2, -0.15) is 0 Å². The summed E-state index contributed by atoms with van der Waals surface area (Å²) < 4.78 is 0. The predicted octanol–water partition coefficient (Wildman–Crippen LogP) is 4.34. The van der Waals surface area contributed by atoms with Gasteiger partial charge in [0.25, 0.3) is 0 Å². The highest BCUT2D eigenvalue weighted by atomic mass is 14.6. The predicted molar refractivity (Wildman–Crippen MR) is 68.0 cm³/mol. The molecule has 2 N–H and O–H groups in total. The molecule has 0 saturated heterocycles. The monoisotopic (exact) mass is 205 g/mol. The van der Waals surface area contributed by atoms with Gasteiger partial charge in [0.15, 0.2) is 0 Å². The van der Waals surface area contributed by atoms with Gasteiger partial charge in [0, 0.05) is 5.69 Å². The fraction of sp³-hybridized carbons (Fsp3) is 0.571. The van der Waals surface area contributed by atoms with E-state index in [2.05, 4.69) is 19.9 Å². The van der Waals surface area contributed by atoms with E-state index in [0.717, 1.165) is 5.69 Å². The molecule has 1 aliphatic rings. The molecule has 0 radical (unpaired) electrons. The second kappa shape index (κ2) is 6.49. The largest absolute Gasteiger partial charge is 0.398 e. The maximum Gasteiger partial charge on any atom is 0.0349 e. The molecule has 1 aromatic carbocycles. The van der Waals surface area contributed by atoms with Gasteiger partial charge in [-0.1, -0.05) is 64.2 Å². The Kier molecular flexibility index (Phi) is 5.23. The van der Waals surface area contributed by atoms with Crippen LogP contribution in [0.25, 0.3) is 0 Å². The van der Waals surface area contributed by atoms with Gasteiger partial charge in [-0.15, -0.1) is 0 Å². The van der Waals surface area contributed by atoms with Gasteiger partial charge in [0.2, 0.25) is 0 Å². The number of hydrogen-bond acceptors (Lipinski definition) is 1. The van der Waals surface area contributed by atoms with Crippen LogP contribution in [0.3, 0.4) is 0 Å². The first-order valence-corrected chi connectivity index (χ1v) is 6.06. The molecule has 1 nitrogen and oxygen atoms in total. The highest BCUT2D eigenvalue weighted by molar-refractivity contribution is 5.47. The number of nitrogen functional groups attached to an aromatic ring is 1. The molecule has 2 rings (SSSR count). The van der Waals surface area contributed by atoms with Crippen molar-refractivity contribution in [2.75, 3.05) is 5.73 Å². The number of anilines is 1. The molecule has 1 saturated carbocycles. The molecule has 15 heavy (non-hydrogen) atoms. The summed E-state index contributed by atoms with van der Waals surface area (Å²) in [6.07, 6.45) is 7.50. The third-order valence-electron chi connectivity index (χ3n) is 2.87. The van der Waals surface area contributed by atoms with Crippen LogP contribution >= 0.6 is 0 Å². The van der Waals surface area contributed by atoms with Gasteiger partial charge < -0.3 is 5.73 Å². The van der Waals surface area contributed by atoms with Gasteiger partial charge in [-0.25, -0.2) is 0 Å². The number of nitrogens with two attached hydrogens (primary N) is 1. The SMILES string of the molecule is C1CCCC1.CC(C)c1ccccc1N. The van der Waals surface area contributed by atoms with Crippen molar-refractivity contribution >= 4 is 5.69 Å². The molecule has 0 aliphatic heterocycles. The Morgan fingerprint density at radius 2 is 1.40 bits per heavy atom. The summed E-state index contributed by atoms with van der Waals surface area (Å²) in [5.74, 6) is 0.529. The van der Waals surface area contributed by atoms with Crippen molar-refractivity contribution in [3.8, 4) is 0 Å². The van der Waals surface area contributed by atoms with Crippen LogP contribution in [0.1, 0.15) is 57.4 Å². The van der Waals surface area contributed by atoms with Crippen LogP contribution in [0.15, 0.2) is 24.3 Å². The zero-order chi connectivity index (χ0) is 11.1. The summed E-state index contributed by atoms with van der Waals surface area (Å²) in [6.45, 7) is 4.29. The summed E-state index contributed by atoms with van der Waals surface area (Å²) in [5.41, 5.74) is 7.86. The lowest BCUT2D eigenvalue weighted by Gasteiger charge is -2.07. The van der Waals surface area contributed by atoms with Crippen LogP contribution in [0.2, 0.25) is 0 Å². The van der Waals surface area contributed by atoms with Crippen molar-refractivity contribution < 1.29 is 0 Å². The average Bonchev–Trinajstić information content (AvgIpc) is 2.75. The van der Waals surface area contributed by atoms with E-state index in [1.165, 1.54) is 37.7 Å². The van der Waals surface area contributed by atoms with Crippen LogP contribution < -0.4 is 5.73 Å². The molecule has 1 aromatic rings. The van der Waals surface area contributed by atoms with Crippen molar-refractivity contribution in [1.29, 1.82) is 0 Å². The lowest BCUT2D eigenvalue weighted by Crippen LogP contribution is -1.94. The number of para-hydroxylation sites is 1. The smallest absolute Gasteiger partial charge is 0.0349 e. The molecule has 0 spiro atoms. The van der Waals surface area contributed by atoms with Gasteiger partial charge in [-0.3, -0.25) is 0 Å². The molecule has 0 bridgehead atoms. The lowest BCUT2D eigenvalue weighted by atomic mass is 10.0. The van der Waals surface area contributed by atoms with E-state index in [-0.39, 0.29) is 0 Å². The van der Waals surface area contributed by atoms with Crippen LogP contribution in [-0.4, -0.2) is 0 Å². The Hall–Kier alpha value is -0.980. The first kappa shape index (κ1) is 12.1. The number of rotatable bonds is 1. The molecule has 0 aromatic heterocycles. The second-order valence-electron chi connectivity index (χ2n) is 4.55. The van der Waals surface area contributed by atoms with Crippen molar-refractivity contribution in [2.24, 2.45) is 0 Å². The fourth-order valence-corrected chi connectivity index (χ4v) is 1.92. The number of hydrogen-bond donors (Lipinski definition) is 1. The normalized spacial score (nSPS) is 14.9. The van der Waals surface area contributed by atoms with Crippen LogP contribution in [0.4, 0.5) is 5.69 Å². The molecule has 0 heterocycles. The van der Waals surface area contributed by atoms with Crippen molar-refractivity contribution in [3.05, 3.63) is 29.8 Å². The highest BCUT2D eigenvalue weighted by Gasteiger charge is 2.00. The lowest BCUT2D eigenvalue weighted by molar-refractivity contribution is 0.870. The van der Waals surface area contributed by atoms with Crippen LogP contribution in [0, 0.1) is 0 Å². The molecular formula is C14H23N. The Bertz CT molecular complexity index is 267. The Balaban J connectivity index is 0.000000187. The van der Waals surface area contributed by atoms with E-state index in [0.29, 0.717) is 5.92 Å². The van der Waals surface area contributed by atoms with E-state index in [1.54, 1.807) is 0 Å². The van der Waals surface area contributed by atoms with E-state index < -0.39 is 0 Å². The topological polar surface area (TPSA) is 26.0 Å². The van der Waals surface area contributed by atoms with Crippen molar-refractivity contribution in [3.63, 3.8) is 0 Å². The van der Waals surface area contributed by atoms with Gasteiger partial charge in [-0.05, 0) is 17.5 Å². The van der Waals surface area contributed by atoms with Gasteiger partial charge in [0.05, 0.1) is 0 Å². The van der Waals surface area contributed by atoms with Gasteiger partial charge in [0.1, 0.15) is 0 Å². The Labute approximate surface area is 93.7 Å². The average molecular weight is 205 g/mol. The van der Waals surface area contributed by atoms with Crippen molar-refractivity contribution in [1.82, 2.24) is 0 Å². The van der Waals surface area contributed by atoms with E-state index in [9.17, 15) is 0 Å². The van der Waals surface area contributed by atoms with Crippen LogP contribution in [-0.2, 0) is 0 Å². The third kappa shape index (κ3) is 4.37. The third-order valence-corrected chi connectivity index (χ3v) is 2.87. The summed E-state index contributed by atoms with van der Waals surface area (Å²) in [6, 6.07) is 7.99. The second-order valence-corrected chi connectivity index (χ2v) is 4.55. The standard InChI is InChI=1S/C9H13N.C5H10/c1-7(2)8-5-3-4-6-9(8)10;1-2-4-5-3-1/h3-7H,10H2,1-2H3;1-5H2. The summed E-state index contributed by atoms with van der Waals surface area (Å²) in [4.78, 5) is 0. The zero-order valence-corrected chi connectivity index (χ0v) is 10.00. The molecule has 1 fully saturated rings. The first-order valence-electron chi connectivity index (χ1n) is 6.06. The highest BCUT2D eigenvalue weighted by Crippen LogP contribution is 2.20. The molecule has 0 amide bonds. The van der Waals surface area contributed by atoms with Crippen LogP contribution in [0.5, 0.6) is 0 Å². The van der Waals surface area contributed by atoms with E-state index >= 15 is 0 Å². The molecular weight excluding hydrogens is 182 g/mol. The van der Waals surface area contributed by atoms with E-state index in [1.807, 2.05) is 18.2 Å². The van der Waals surface area contributed by atoms with Crippen molar-refractivity contribution in [2.45, 2.75) is 51.9 Å². The quantitative estimate of drug-likeness (QED) is 0.678. The minimum Gasteiger partial charge on any atom is -0.398 e. The molecule has 0 atom stereocenters. The Morgan fingerprint density at radius 3 is 1.73 bits per heavy atom. The number of benzene rings is 1. The minimum absolute atomic E-state index is 0.529. The van der Waals surface area contributed by atoms with Gasteiger partial charge >= 0.3 is 0 Å². The molecule has 0 unspecified atom stereocenters. The summed E-state index contributed by atoms with van der Waals surface area (Å²) in [5, 5.41) is 0. The maximum absolute atomic E-state index is 5.72. The molecule has 84 valence electrons. The van der Waals surface area contributed by atoms with E-state index in [4.69, 9.17) is 5.73 Å².